The van der Waals surface area contributed by atoms with Crippen molar-refractivity contribution in [1.29, 1.82) is 0 Å². The van der Waals surface area contributed by atoms with Crippen molar-refractivity contribution in [1.82, 2.24) is 24.1 Å². The predicted molar refractivity (Wildman–Crippen MR) is 265 cm³/mol. The largest absolute Gasteiger partial charge is 0.309 e. The summed E-state index contributed by atoms with van der Waals surface area (Å²) in [5.41, 5.74) is 12.1. The number of hydrogen-bond acceptors (Lipinski definition) is 3. The highest BCUT2D eigenvalue weighted by molar-refractivity contribution is 6.25. The third-order valence-corrected chi connectivity index (χ3v) is 12.7. The fraction of sp³-hybridized carbons (Fsp3) is 0. The summed E-state index contributed by atoms with van der Waals surface area (Å²) >= 11 is 0. The van der Waals surface area contributed by atoms with Crippen LogP contribution in [0.4, 0.5) is 0 Å². The van der Waals surface area contributed by atoms with Crippen molar-refractivity contribution in [2.24, 2.45) is 0 Å². The van der Waals surface area contributed by atoms with Gasteiger partial charge in [0, 0.05) is 54.7 Å². The molecule has 10 aromatic carbocycles. The van der Waals surface area contributed by atoms with Gasteiger partial charge >= 0.3 is 0 Å². The van der Waals surface area contributed by atoms with Gasteiger partial charge in [0.2, 0.25) is 0 Å². The lowest BCUT2D eigenvalue weighted by molar-refractivity contribution is 1.08. The minimum absolute atomic E-state index is 0.633. The zero-order valence-corrected chi connectivity index (χ0v) is 34.6. The molecule has 13 aromatic rings. The van der Waals surface area contributed by atoms with Gasteiger partial charge in [-0.25, -0.2) is 15.0 Å². The van der Waals surface area contributed by atoms with Crippen molar-refractivity contribution >= 4 is 65.2 Å². The summed E-state index contributed by atoms with van der Waals surface area (Å²) in [7, 11) is 0. The Morgan fingerprint density at radius 1 is 0.266 bits per heavy atom. The van der Waals surface area contributed by atoms with Gasteiger partial charge in [-0.15, -0.1) is 0 Å². The van der Waals surface area contributed by atoms with Gasteiger partial charge in [0.1, 0.15) is 0 Å². The molecule has 0 unspecified atom stereocenters. The lowest BCUT2D eigenvalue weighted by Gasteiger charge is -2.15. The molecule has 5 nitrogen and oxygen atoms in total. The normalized spacial score (nSPS) is 11.8. The molecule has 0 saturated heterocycles. The Kier molecular flexibility index (Phi) is 8.15. The molecule has 0 spiro atoms. The highest BCUT2D eigenvalue weighted by Crippen LogP contribution is 2.45. The molecule has 0 aliphatic rings. The van der Waals surface area contributed by atoms with Crippen molar-refractivity contribution < 1.29 is 0 Å². The first-order valence-corrected chi connectivity index (χ1v) is 21.7. The number of benzene rings is 10. The van der Waals surface area contributed by atoms with Gasteiger partial charge in [0.05, 0.1) is 27.8 Å². The number of aromatic nitrogens is 5. The Balaban J connectivity index is 1.10. The second-order valence-electron chi connectivity index (χ2n) is 16.4. The first-order chi connectivity index (χ1) is 31.8. The molecule has 0 atom stereocenters. The number of fused-ring (bicyclic) bond motifs is 9. The Morgan fingerprint density at radius 2 is 0.750 bits per heavy atom. The molecule has 0 N–H and O–H groups in total. The van der Waals surface area contributed by atoms with Crippen LogP contribution in [0.1, 0.15) is 0 Å². The Hall–Kier alpha value is -8.67. The van der Waals surface area contributed by atoms with E-state index in [1.165, 1.54) is 49.0 Å². The third kappa shape index (κ3) is 5.61. The van der Waals surface area contributed by atoms with Crippen molar-refractivity contribution in [2.75, 3.05) is 0 Å². The van der Waals surface area contributed by atoms with Crippen LogP contribution in [0, 0.1) is 0 Å². The summed E-state index contributed by atoms with van der Waals surface area (Å²) < 4.78 is 4.93. The number of rotatable bonds is 6. The van der Waals surface area contributed by atoms with E-state index in [0.29, 0.717) is 17.5 Å². The molecule has 0 aliphatic carbocycles. The second-order valence-corrected chi connectivity index (χ2v) is 16.4. The summed E-state index contributed by atoms with van der Waals surface area (Å²) in [6.45, 7) is 0. The number of nitrogens with zero attached hydrogens (tertiary/aromatic N) is 5. The zero-order chi connectivity index (χ0) is 42.1. The van der Waals surface area contributed by atoms with Crippen molar-refractivity contribution in [2.45, 2.75) is 0 Å². The van der Waals surface area contributed by atoms with Crippen LogP contribution in [0.2, 0.25) is 0 Å². The van der Waals surface area contributed by atoms with E-state index in [0.717, 1.165) is 55.4 Å². The Bertz CT molecular complexity index is 3870. The first kappa shape index (κ1) is 36.0. The van der Waals surface area contributed by atoms with Crippen LogP contribution in [0.5, 0.6) is 0 Å². The summed E-state index contributed by atoms with van der Waals surface area (Å²) in [6, 6.07) is 79.9. The molecule has 3 aromatic heterocycles. The Labute approximate surface area is 368 Å². The zero-order valence-electron chi connectivity index (χ0n) is 34.6. The van der Waals surface area contributed by atoms with E-state index in [9.17, 15) is 0 Å². The van der Waals surface area contributed by atoms with E-state index in [2.05, 4.69) is 197 Å². The van der Waals surface area contributed by atoms with Crippen LogP contribution < -0.4 is 0 Å². The Morgan fingerprint density at radius 3 is 1.41 bits per heavy atom. The SMILES string of the molecule is c1ccc(-c2nc(-c3ccccc3)nc(-c3ccc(-n4c5ccccc5c5cc6c7cc(-c8ccccc8)c8ccccc8c7n(-c7ccccc7)c6cc54)c4ccccc34)n2)cc1. The van der Waals surface area contributed by atoms with Gasteiger partial charge in [0.25, 0.3) is 0 Å². The van der Waals surface area contributed by atoms with E-state index in [1.54, 1.807) is 0 Å². The van der Waals surface area contributed by atoms with Crippen LogP contribution >= 0.6 is 0 Å². The monoisotopic (exact) mass is 815 g/mol. The highest BCUT2D eigenvalue weighted by Gasteiger charge is 2.23. The molecular weight excluding hydrogens is 779 g/mol. The summed E-state index contributed by atoms with van der Waals surface area (Å²) in [5.74, 6) is 1.91. The van der Waals surface area contributed by atoms with Crippen molar-refractivity contribution in [3.8, 4) is 56.7 Å². The highest BCUT2D eigenvalue weighted by atomic mass is 15.0. The quantitative estimate of drug-likeness (QED) is 0.168. The van der Waals surface area contributed by atoms with Gasteiger partial charge < -0.3 is 9.13 Å². The molecule has 0 bridgehead atoms. The summed E-state index contributed by atoms with van der Waals surface area (Å²) in [6.07, 6.45) is 0. The van der Waals surface area contributed by atoms with E-state index in [1.807, 2.05) is 36.4 Å². The van der Waals surface area contributed by atoms with E-state index < -0.39 is 0 Å². The molecular formula is C59H37N5. The van der Waals surface area contributed by atoms with Crippen LogP contribution in [0.25, 0.3) is 122 Å². The number of para-hydroxylation sites is 2. The standard InChI is InChI=1S/C59H37N5/c1-5-19-38(20-6-1)48-35-51-50-36-49-45-30-17-18-32-52(45)64(55(49)37-54(50)63(41-25-11-4-12-26-41)56(51)46-31-16-14-28-43(46)48)53-34-33-47(42-27-13-15-29-44(42)53)59-61-57(39-21-7-2-8-22-39)60-58(62-59)40-23-9-3-10-24-40/h1-37H. The maximum absolute atomic E-state index is 5.15. The van der Waals surface area contributed by atoms with E-state index in [-0.39, 0.29) is 0 Å². The molecule has 0 aliphatic heterocycles. The van der Waals surface area contributed by atoms with Gasteiger partial charge in [-0.05, 0) is 70.4 Å². The summed E-state index contributed by atoms with van der Waals surface area (Å²) in [4.78, 5) is 15.3. The average molecular weight is 816 g/mol. The molecule has 64 heavy (non-hydrogen) atoms. The maximum Gasteiger partial charge on any atom is 0.164 e. The van der Waals surface area contributed by atoms with Gasteiger partial charge in [0.15, 0.2) is 17.5 Å². The smallest absolute Gasteiger partial charge is 0.164 e. The summed E-state index contributed by atoms with van der Waals surface area (Å²) in [5, 5.41) is 9.48. The molecule has 0 amide bonds. The lowest BCUT2D eigenvalue weighted by Crippen LogP contribution is -2.01. The van der Waals surface area contributed by atoms with E-state index in [4.69, 9.17) is 15.0 Å². The molecule has 13 rings (SSSR count). The molecule has 0 radical (unpaired) electrons. The average Bonchev–Trinajstić information content (AvgIpc) is 3.87. The molecule has 0 saturated carbocycles. The predicted octanol–water partition coefficient (Wildman–Crippen LogP) is 15.0. The molecule has 5 heteroatoms. The van der Waals surface area contributed by atoms with Crippen molar-refractivity contribution in [3.63, 3.8) is 0 Å². The van der Waals surface area contributed by atoms with Crippen LogP contribution in [0.15, 0.2) is 224 Å². The molecule has 3 heterocycles. The fourth-order valence-electron chi connectivity index (χ4n) is 9.90. The molecule has 0 fully saturated rings. The minimum Gasteiger partial charge on any atom is -0.309 e. The first-order valence-electron chi connectivity index (χ1n) is 21.7. The topological polar surface area (TPSA) is 48.5 Å². The van der Waals surface area contributed by atoms with Gasteiger partial charge in [-0.1, -0.05) is 176 Å². The van der Waals surface area contributed by atoms with Gasteiger partial charge in [-0.3, -0.25) is 0 Å². The fourth-order valence-corrected chi connectivity index (χ4v) is 9.90. The van der Waals surface area contributed by atoms with Gasteiger partial charge in [-0.2, -0.15) is 0 Å². The van der Waals surface area contributed by atoms with Crippen LogP contribution in [-0.2, 0) is 0 Å². The third-order valence-electron chi connectivity index (χ3n) is 12.7. The van der Waals surface area contributed by atoms with E-state index >= 15 is 0 Å². The molecule has 298 valence electrons. The number of hydrogen-bond donors (Lipinski definition) is 0. The minimum atomic E-state index is 0.633. The second kappa shape index (κ2) is 14.5. The lowest BCUT2D eigenvalue weighted by atomic mass is 9.95. The van der Waals surface area contributed by atoms with Crippen LogP contribution in [0.3, 0.4) is 0 Å². The van der Waals surface area contributed by atoms with Crippen molar-refractivity contribution in [3.05, 3.63) is 224 Å². The maximum atomic E-state index is 5.15. The van der Waals surface area contributed by atoms with Crippen LogP contribution in [-0.4, -0.2) is 24.1 Å².